The Morgan fingerprint density at radius 2 is 2.00 bits per heavy atom. The van der Waals surface area contributed by atoms with Gasteiger partial charge in [-0.05, 0) is 32.3 Å². The van der Waals surface area contributed by atoms with Gasteiger partial charge in [-0.1, -0.05) is 30.3 Å². The number of aromatic nitrogens is 4. The Labute approximate surface area is 207 Å². The standard InChI is InChI=1S/C23H33N7O.HI/c1-4-24-22(27-18-23(2,31)20-15-28-29(3)17-20)26-16-21-25-12-14-30(21)13-8-11-19-9-6-5-7-10-19;/h5-7,9-10,12,14-15,17,31H,4,8,11,13,16,18H2,1-3H3,(H2,24,26,27);1H. The summed E-state index contributed by atoms with van der Waals surface area (Å²) < 4.78 is 3.84. The van der Waals surface area contributed by atoms with Crippen molar-refractivity contribution >= 4 is 29.9 Å². The van der Waals surface area contributed by atoms with Crippen molar-refractivity contribution in [2.75, 3.05) is 13.1 Å². The minimum atomic E-state index is -1.06. The van der Waals surface area contributed by atoms with E-state index >= 15 is 0 Å². The number of aliphatic hydroxyl groups is 1. The summed E-state index contributed by atoms with van der Waals surface area (Å²) in [5.41, 5.74) is 1.05. The molecule has 0 saturated heterocycles. The van der Waals surface area contributed by atoms with Crippen molar-refractivity contribution in [1.82, 2.24) is 30.0 Å². The minimum absolute atomic E-state index is 0. The second-order valence-corrected chi connectivity index (χ2v) is 7.85. The Hall–Kier alpha value is -2.40. The first-order valence-electron chi connectivity index (χ1n) is 10.8. The molecule has 8 nitrogen and oxygen atoms in total. The van der Waals surface area contributed by atoms with Crippen molar-refractivity contribution in [3.8, 4) is 0 Å². The number of hydrogen-bond acceptors (Lipinski definition) is 4. The molecule has 3 rings (SSSR count). The largest absolute Gasteiger partial charge is 0.383 e. The first-order chi connectivity index (χ1) is 15.0. The second kappa shape index (κ2) is 12.6. The van der Waals surface area contributed by atoms with Crippen LogP contribution < -0.4 is 10.6 Å². The van der Waals surface area contributed by atoms with Gasteiger partial charge in [0, 0.05) is 44.3 Å². The van der Waals surface area contributed by atoms with Gasteiger partial charge in [-0.2, -0.15) is 5.10 Å². The predicted octanol–water partition coefficient (Wildman–Crippen LogP) is 2.83. The van der Waals surface area contributed by atoms with E-state index in [0.29, 0.717) is 19.0 Å². The SMILES string of the molecule is CCNC(=NCc1nccn1CCCc1ccccc1)NCC(C)(O)c1cnn(C)c1.I. The van der Waals surface area contributed by atoms with Crippen LogP contribution in [0.15, 0.2) is 60.1 Å². The molecule has 0 saturated carbocycles. The van der Waals surface area contributed by atoms with Crippen LogP contribution in [0.25, 0.3) is 0 Å². The Morgan fingerprint density at radius 1 is 1.22 bits per heavy atom. The summed E-state index contributed by atoms with van der Waals surface area (Å²) in [6, 6.07) is 10.5. The predicted molar refractivity (Wildman–Crippen MR) is 138 cm³/mol. The van der Waals surface area contributed by atoms with Crippen molar-refractivity contribution in [2.45, 2.75) is 45.4 Å². The molecule has 0 aliphatic heterocycles. The van der Waals surface area contributed by atoms with Gasteiger partial charge in [0.1, 0.15) is 18.0 Å². The Morgan fingerprint density at radius 3 is 2.69 bits per heavy atom. The maximum Gasteiger partial charge on any atom is 0.191 e. The van der Waals surface area contributed by atoms with E-state index in [1.807, 2.05) is 38.6 Å². The quantitative estimate of drug-likeness (QED) is 0.205. The zero-order valence-corrected chi connectivity index (χ0v) is 21.4. The smallest absolute Gasteiger partial charge is 0.191 e. The molecule has 0 aliphatic carbocycles. The number of nitrogens with zero attached hydrogens (tertiary/aromatic N) is 5. The van der Waals surface area contributed by atoms with E-state index in [1.54, 1.807) is 17.8 Å². The lowest BCUT2D eigenvalue weighted by Crippen LogP contribution is -2.44. The van der Waals surface area contributed by atoms with Gasteiger partial charge in [-0.25, -0.2) is 9.98 Å². The summed E-state index contributed by atoms with van der Waals surface area (Å²) in [4.78, 5) is 9.14. The molecule has 0 aliphatic rings. The molecule has 0 radical (unpaired) electrons. The molecule has 1 aromatic carbocycles. The third-order valence-corrected chi connectivity index (χ3v) is 5.16. The molecular weight excluding hydrogens is 517 g/mol. The third-order valence-electron chi connectivity index (χ3n) is 5.16. The van der Waals surface area contributed by atoms with Crippen LogP contribution in [-0.4, -0.2) is 43.5 Å². The van der Waals surface area contributed by atoms with Crippen molar-refractivity contribution in [1.29, 1.82) is 0 Å². The van der Waals surface area contributed by atoms with Gasteiger partial charge in [0.25, 0.3) is 0 Å². The van der Waals surface area contributed by atoms with Crippen molar-refractivity contribution < 1.29 is 5.11 Å². The van der Waals surface area contributed by atoms with Gasteiger partial charge in [-0.3, -0.25) is 4.68 Å². The van der Waals surface area contributed by atoms with E-state index in [1.165, 1.54) is 5.56 Å². The lowest BCUT2D eigenvalue weighted by molar-refractivity contribution is 0.0616. The highest BCUT2D eigenvalue weighted by Gasteiger charge is 2.25. The fourth-order valence-corrected chi connectivity index (χ4v) is 3.34. The van der Waals surface area contributed by atoms with E-state index in [9.17, 15) is 5.11 Å². The first kappa shape index (κ1) is 25.9. The van der Waals surface area contributed by atoms with Crippen LogP contribution in [0.5, 0.6) is 0 Å². The van der Waals surface area contributed by atoms with E-state index in [4.69, 9.17) is 0 Å². The fraction of sp³-hybridized carbons (Fsp3) is 0.435. The highest BCUT2D eigenvalue weighted by atomic mass is 127. The maximum atomic E-state index is 10.8. The van der Waals surface area contributed by atoms with E-state index in [2.05, 4.69) is 54.5 Å². The van der Waals surface area contributed by atoms with Gasteiger partial charge >= 0.3 is 0 Å². The average Bonchev–Trinajstić information content (AvgIpc) is 3.40. The van der Waals surface area contributed by atoms with E-state index < -0.39 is 5.60 Å². The molecule has 1 unspecified atom stereocenters. The molecule has 1 atom stereocenters. The van der Waals surface area contributed by atoms with Crippen molar-refractivity contribution in [2.24, 2.45) is 12.0 Å². The summed E-state index contributed by atoms with van der Waals surface area (Å²) in [6.45, 7) is 6.19. The highest BCUT2D eigenvalue weighted by molar-refractivity contribution is 14.0. The molecule has 3 N–H and O–H groups in total. The molecule has 174 valence electrons. The minimum Gasteiger partial charge on any atom is -0.383 e. The van der Waals surface area contributed by atoms with Gasteiger partial charge in [-0.15, -0.1) is 24.0 Å². The van der Waals surface area contributed by atoms with Crippen molar-refractivity contribution in [3.63, 3.8) is 0 Å². The van der Waals surface area contributed by atoms with Crippen LogP contribution in [0.1, 0.15) is 37.2 Å². The zero-order chi connectivity index (χ0) is 22.1. The van der Waals surface area contributed by atoms with Gasteiger partial charge in [0.2, 0.25) is 0 Å². The number of benzene rings is 1. The highest BCUT2D eigenvalue weighted by Crippen LogP contribution is 2.18. The number of halogens is 1. The number of aryl methyl sites for hydroxylation is 3. The van der Waals surface area contributed by atoms with Crippen LogP contribution in [0.2, 0.25) is 0 Å². The van der Waals surface area contributed by atoms with Gasteiger partial charge < -0.3 is 20.3 Å². The van der Waals surface area contributed by atoms with Crippen LogP contribution >= 0.6 is 24.0 Å². The summed E-state index contributed by atoms with van der Waals surface area (Å²) in [6.07, 6.45) is 9.40. The molecule has 0 fully saturated rings. The molecule has 3 aromatic rings. The summed E-state index contributed by atoms with van der Waals surface area (Å²) in [5, 5.41) is 21.4. The lowest BCUT2D eigenvalue weighted by Gasteiger charge is -2.23. The Balaban J connectivity index is 0.00000363. The zero-order valence-electron chi connectivity index (χ0n) is 19.0. The maximum absolute atomic E-state index is 10.8. The summed E-state index contributed by atoms with van der Waals surface area (Å²) >= 11 is 0. The molecule has 2 aromatic heterocycles. The molecule has 0 spiro atoms. The third kappa shape index (κ3) is 7.63. The number of guanidine groups is 1. The molecular formula is C23H34IN7O. The van der Waals surface area contributed by atoms with Crippen LogP contribution in [0.4, 0.5) is 0 Å². The number of hydrogen-bond donors (Lipinski definition) is 3. The monoisotopic (exact) mass is 551 g/mol. The normalized spacial score (nSPS) is 13.3. The molecule has 0 amide bonds. The lowest BCUT2D eigenvalue weighted by atomic mass is 10.00. The number of imidazole rings is 1. The van der Waals surface area contributed by atoms with Crippen LogP contribution in [0, 0.1) is 0 Å². The average molecular weight is 551 g/mol. The molecule has 2 heterocycles. The first-order valence-corrected chi connectivity index (χ1v) is 10.8. The fourth-order valence-electron chi connectivity index (χ4n) is 3.34. The number of rotatable bonds is 10. The summed E-state index contributed by atoms with van der Waals surface area (Å²) in [5.74, 6) is 1.56. The second-order valence-electron chi connectivity index (χ2n) is 7.85. The molecule has 9 heteroatoms. The molecule has 32 heavy (non-hydrogen) atoms. The van der Waals surface area contributed by atoms with Gasteiger partial charge in [0.05, 0.1) is 12.7 Å². The van der Waals surface area contributed by atoms with Gasteiger partial charge in [0.15, 0.2) is 5.96 Å². The Kier molecular flexibility index (Phi) is 10.2. The van der Waals surface area contributed by atoms with E-state index in [-0.39, 0.29) is 24.0 Å². The number of aliphatic imine (C=N–C) groups is 1. The Bertz CT molecular complexity index is 966. The topological polar surface area (TPSA) is 92.3 Å². The van der Waals surface area contributed by atoms with Crippen molar-refractivity contribution in [3.05, 3.63) is 72.1 Å². The summed E-state index contributed by atoms with van der Waals surface area (Å²) in [7, 11) is 1.83. The molecule has 0 bridgehead atoms. The van der Waals surface area contributed by atoms with Crippen LogP contribution in [0.3, 0.4) is 0 Å². The van der Waals surface area contributed by atoms with Crippen LogP contribution in [-0.2, 0) is 32.2 Å². The van der Waals surface area contributed by atoms with E-state index in [0.717, 1.165) is 37.3 Å². The number of nitrogens with one attached hydrogen (secondary N) is 2.